The van der Waals surface area contributed by atoms with Crippen molar-refractivity contribution < 1.29 is 24.5 Å². The number of Topliss-reactive ketones (excluding diaryl/α,β-unsaturated/α-hetero) is 2. The van der Waals surface area contributed by atoms with Crippen LogP contribution < -0.4 is 0 Å². The molecule has 1 heterocycles. The molecule has 2 aliphatic rings. The lowest BCUT2D eigenvalue weighted by atomic mass is 9.66. The SMILES string of the molecule is CC(C)=CCC1=C(O)C(CC=C(C)C)(CC=C(C)C)C(=O)C2=C1OC(c1ccc(O)cc1)CC2=O. The summed E-state index contributed by atoms with van der Waals surface area (Å²) in [5, 5.41) is 21.4. The van der Waals surface area contributed by atoms with Gasteiger partial charge in [-0.25, -0.2) is 0 Å². The van der Waals surface area contributed by atoms with Crippen molar-refractivity contribution in [3.63, 3.8) is 0 Å². The van der Waals surface area contributed by atoms with Crippen molar-refractivity contribution >= 4 is 11.6 Å². The van der Waals surface area contributed by atoms with E-state index in [0.717, 1.165) is 22.3 Å². The highest BCUT2D eigenvalue weighted by Crippen LogP contribution is 2.50. The van der Waals surface area contributed by atoms with E-state index >= 15 is 0 Å². The van der Waals surface area contributed by atoms with Crippen LogP contribution in [0.5, 0.6) is 5.75 Å². The monoisotopic (exact) mass is 476 g/mol. The number of phenols is 1. The van der Waals surface area contributed by atoms with Crippen LogP contribution in [0.25, 0.3) is 0 Å². The summed E-state index contributed by atoms with van der Waals surface area (Å²) < 4.78 is 6.30. The largest absolute Gasteiger partial charge is 0.511 e. The summed E-state index contributed by atoms with van der Waals surface area (Å²) in [7, 11) is 0. The fourth-order valence-electron chi connectivity index (χ4n) is 4.42. The fraction of sp³-hybridized carbons (Fsp3) is 0.400. The number of ketones is 2. The van der Waals surface area contributed by atoms with Gasteiger partial charge in [0, 0.05) is 5.57 Å². The van der Waals surface area contributed by atoms with E-state index in [-0.39, 0.29) is 40.8 Å². The first-order chi connectivity index (χ1) is 16.5. The minimum atomic E-state index is -1.25. The first kappa shape index (κ1) is 26.3. The maximum atomic E-state index is 14.0. The summed E-state index contributed by atoms with van der Waals surface area (Å²) in [5.74, 6) is -0.378. The summed E-state index contributed by atoms with van der Waals surface area (Å²) in [5.41, 5.74) is 3.14. The van der Waals surface area contributed by atoms with Crippen molar-refractivity contribution in [3.05, 3.63) is 87.4 Å². The maximum absolute atomic E-state index is 14.0. The van der Waals surface area contributed by atoms with Crippen molar-refractivity contribution in [1.29, 1.82) is 0 Å². The Bertz CT molecular complexity index is 1140. The third-order valence-corrected chi connectivity index (χ3v) is 6.51. The zero-order valence-corrected chi connectivity index (χ0v) is 21.6. The number of phenolic OH excluding ortho intramolecular Hbond substituents is 1. The molecule has 35 heavy (non-hydrogen) atoms. The van der Waals surface area contributed by atoms with Gasteiger partial charge in [-0.15, -0.1) is 0 Å². The Morgan fingerprint density at radius 1 is 0.914 bits per heavy atom. The van der Waals surface area contributed by atoms with E-state index in [2.05, 4.69) is 0 Å². The van der Waals surface area contributed by atoms with Crippen LogP contribution in [0.2, 0.25) is 0 Å². The van der Waals surface area contributed by atoms with Crippen molar-refractivity contribution in [1.82, 2.24) is 0 Å². The second-order valence-electron chi connectivity index (χ2n) is 10.2. The van der Waals surface area contributed by atoms with Crippen molar-refractivity contribution in [2.75, 3.05) is 0 Å². The lowest BCUT2D eigenvalue weighted by Crippen LogP contribution is -2.42. The van der Waals surface area contributed by atoms with Crippen LogP contribution in [-0.4, -0.2) is 21.8 Å². The van der Waals surface area contributed by atoms with Crippen molar-refractivity contribution in [2.45, 2.75) is 73.3 Å². The molecule has 1 aromatic rings. The molecule has 0 saturated carbocycles. The molecule has 1 aliphatic heterocycles. The van der Waals surface area contributed by atoms with Crippen LogP contribution in [0.15, 0.2) is 81.9 Å². The molecule has 0 fully saturated rings. The van der Waals surface area contributed by atoms with Crippen LogP contribution in [0.1, 0.15) is 78.9 Å². The highest BCUT2D eigenvalue weighted by Gasteiger charge is 2.52. The summed E-state index contributed by atoms with van der Waals surface area (Å²) in [6.45, 7) is 11.7. The molecule has 1 atom stereocenters. The normalized spacial score (nSPS) is 19.1. The van der Waals surface area contributed by atoms with E-state index in [1.165, 1.54) is 0 Å². The van der Waals surface area contributed by atoms with Gasteiger partial charge >= 0.3 is 0 Å². The Balaban J connectivity index is 2.21. The molecular weight excluding hydrogens is 440 g/mol. The van der Waals surface area contributed by atoms with Crippen LogP contribution in [-0.2, 0) is 14.3 Å². The van der Waals surface area contributed by atoms with Crippen LogP contribution in [0.4, 0.5) is 0 Å². The van der Waals surface area contributed by atoms with E-state index < -0.39 is 11.5 Å². The molecule has 3 rings (SSSR count). The molecule has 2 N–H and O–H groups in total. The lowest BCUT2D eigenvalue weighted by molar-refractivity contribution is -0.130. The molecule has 5 nitrogen and oxygen atoms in total. The van der Waals surface area contributed by atoms with Gasteiger partial charge in [0.25, 0.3) is 0 Å². The average Bonchev–Trinajstić information content (AvgIpc) is 2.78. The Hall–Kier alpha value is -3.34. The Morgan fingerprint density at radius 2 is 1.46 bits per heavy atom. The Labute approximate surface area is 208 Å². The second-order valence-corrected chi connectivity index (χ2v) is 10.2. The number of carbonyl (C=O) groups is 2. The molecule has 5 heteroatoms. The van der Waals surface area contributed by atoms with E-state index in [0.29, 0.717) is 24.8 Å². The zero-order chi connectivity index (χ0) is 25.9. The molecule has 0 bridgehead atoms. The first-order valence-electron chi connectivity index (χ1n) is 12.1. The number of aromatic hydroxyl groups is 1. The molecule has 1 aliphatic carbocycles. The second kappa shape index (κ2) is 10.5. The number of aliphatic hydroxyl groups is 1. The van der Waals surface area contributed by atoms with Crippen molar-refractivity contribution in [2.24, 2.45) is 5.41 Å². The van der Waals surface area contributed by atoms with E-state index in [1.54, 1.807) is 24.3 Å². The molecule has 0 aromatic heterocycles. The predicted octanol–water partition coefficient (Wildman–Crippen LogP) is 7.13. The standard InChI is InChI=1S/C30H36O5/c1-18(2)7-12-23-27-26(24(32)17-25(35-27)21-8-10-22(31)11-9-21)29(34)30(28(23)33,15-13-19(3)4)16-14-20(5)6/h7-11,13-14,25,31,33H,12,15-17H2,1-6H3. The van der Waals surface area contributed by atoms with Gasteiger partial charge in [0.1, 0.15) is 28.9 Å². The van der Waals surface area contributed by atoms with Gasteiger partial charge in [-0.05, 0) is 78.5 Å². The first-order valence-corrected chi connectivity index (χ1v) is 12.1. The molecule has 0 radical (unpaired) electrons. The number of allylic oxidation sites excluding steroid dienone is 9. The van der Waals surface area contributed by atoms with Gasteiger partial charge in [-0.3, -0.25) is 9.59 Å². The van der Waals surface area contributed by atoms with Gasteiger partial charge in [0.15, 0.2) is 11.6 Å². The van der Waals surface area contributed by atoms with Gasteiger partial charge in [-0.2, -0.15) is 0 Å². The summed E-state index contributed by atoms with van der Waals surface area (Å²) in [4.78, 5) is 27.5. The number of hydrogen-bond acceptors (Lipinski definition) is 5. The van der Waals surface area contributed by atoms with E-state index in [4.69, 9.17) is 4.74 Å². The molecule has 0 amide bonds. The van der Waals surface area contributed by atoms with Gasteiger partial charge < -0.3 is 14.9 Å². The average molecular weight is 477 g/mol. The molecule has 1 unspecified atom stereocenters. The number of hydrogen-bond donors (Lipinski definition) is 2. The third kappa shape index (κ3) is 5.50. The molecular formula is C30H36O5. The van der Waals surface area contributed by atoms with Crippen LogP contribution in [0.3, 0.4) is 0 Å². The molecule has 186 valence electrons. The summed E-state index contributed by atoms with van der Waals surface area (Å²) >= 11 is 0. The lowest BCUT2D eigenvalue weighted by Gasteiger charge is -2.40. The summed E-state index contributed by atoms with van der Waals surface area (Å²) in [6, 6.07) is 6.49. The summed E-state index contributed by atoms with van der Waals surface area (Å²) in [6.07, 6.45) is 6.23. The van der Waals surface area contributed by atoms with E-state index in [1.807, 2.05) is 59.8 Å². The number of rotatable bonds is 7. The smallest absolute Gasteiger partial charge is 0.184 e. The molecule has 1 aromatic carbocycles. The number of aliphatic hydroxyl groups excluding tert-OH is 1. The van der Waals surface area contributed by atoms with Gasteiger partial charge in [0.05, 0.1) is 11.8 Å². The third-order valence-electron chi connectivity index (χ3n) is 6.51. The van der Waals surface area contributed by atoms with E-state index in [9.17, 15) is 19.8 Å². The Morgan fingerprint density at radius 3 is 1.97 bits per heavy atom. The number of ether oxygens (including phenoxy) is 1. The highest BCUT2D eigenvalue weighted by molar-refractivity contribution is 6.25. The van der Waals surface area contributed by atoms with Crippen LogP contribution >= 0.6 is 0 Å². The quantitative estimate of drug-likeness (QED) is 0.323. The molecule has 0 saturated heterocycles. The fourth-order valence-corrected chi connectivity index (χ4v) is 4.42. The van der Waals surface area contributed by atoms with Gasteiger partial charge in [-0.1, -0.05) is 47.1 Å². The predicted molar refractivity (Wildman–Crippen MR) is 138 cm³/mol. The minimum Gasteiger partial charge on any atom is -0.511 e. The zero-order valence-electron chi connectivity index (χ0n) is 21.6. The number of benzene rings is 1. The topological polar surface area (TPSA) is 83.8 Å². The number of carbonyl (C=O) groups excluding carboxylic acids is 2. The van der Waals surface area contributed by atoms with Gasteiger partial charge in [0.2, 0.25) is 0 Å². The highest BCUT2D eigenvalue weighted by atomic mass is 16.5. The van der Waals surface area contributed by atoms with Crippen LogP contribution in [0, 0.1) is 5.41 Å². The maximum Gasteiger partial charge on any atom is 0.184 e. The van der Waals surface area contributed by atoms with Crippen molar-refractivity contribution in [3.8, 4) is 5.75 Å². The minimum absolute atomic E-state index is 0.0205. The molecule has 0 spiro atoms. The Kier molecular flexibility index (Phi) is 7.89.